The summed E-state index contributed by atoms with van der Waals surface area (Å²) in [6.07, 6.45) is 4.98. The molecule has 1 rings (SSSR count). The number of carbonyl (C=O) groups excluding carboxylic acids is 2. The van der Waals surface area contributed by atoms with Crippen molar-refractivity contribution in [1.29, 1.82) is 0 Å². The van der Waals surface area contributed by atoms with Crippen molar-refractivity contribution in [3.63, 3.8) is 0 Å². The number of hydrogen-bond donors (Lipinski definition) is 1. The van der Waals surface area contributed by atoms with Gasteiger partial charge in [-0.1, -0.05) is 37.0 Å². The van der Waals surface area contributed by atoms with E-state index in [1.165, 1.54) is 17.1 Å². The molecule has 24 heavy (non-hydrogen) atoms. The molecular weight excluding hydrogens is 328 g/mol. The zero-order chi connectivity index (χ0) is 18.1. The third-order valence-corrected chi connectivity index (χ3v) is 3.85. The number of likely N-dealkylation sites (N-methyl/N-ethyl adjacent to an activating group) is 1. The van der Waals surface area contributed by atoms with Crippen molar-refractivity contribution >= 4 is 24.8 Å². The van der Waals surface area contributed by atoms with E-state index in [0.717, 1.165) is 12.0 Å². The van der Waals surface area contributed by atoms with Gasteiger partial charge in [-0.2, -0.15) is 12.6 Å². The normalized spacial score (nSPS) is 20.5. The fourth-order valence-electron chi connectivity index (χ4n) is 2.48. The van der Waals surface area contributed by atoms with Crippen molar-refractivity contribution in [2.75, 3.05) is 33.4 Å². The summed E-state index contributed by atoms with van der Waals surface area (Å²) in [6.45, 7) is 10.3. The first-order valence-corrected chi connectivity index (χ1v) is 8.29. The molecule has 0 N–H and O–H groups in total. The van der Waals surface area contributed by atoms with Gasteiger partial charge in [0.2, 0.25) is 0 Å². The van der Waals surface area contributed by atoms with Gasteiger partial charge in [0.15, 0.2) is 0 Å². The summed E-state index contributed by atoms with van der Waals surface area (Å²) in [5.41, 5.74) is 0.960. The highest BCUT2D eigenvalue weighted by atomic mass is 32.1. The van der Waals surface area contributed by atoms with Crippen LogP contribution in [0.5, 0.6) is 0 Å². The minimum absolute atomic E-state index is 0.0950. The van der Waals surface area contributed by atoms with Crippen molar-refractivity contribution in [1.82, 2.24) is 9.80 Å². The highest BCUT2D eigenvalue weighted by Gasteiger charge is 2.33. The van der Waals surface area contributed by atoms with Crippen molar-refractivity contribution in [3.05, 3.63) is 37.0 Å². The molecule has 0 spiro atoms. The summed E-state index contributed by atoms with van der Waals surface area (Å²) in [6, 6.07) is -0.0950. The molecule has 1 saturated heterocycles. The van der Waals surface area contributed by atoms with Crippen molar-refractivity contribution in [3.8, 4) is 0 Å². The van der Waals surface area contributed by atoms with Crippen LogP contribution in [0.4, 0.5) is 9.59 Å². The standard InChI is InChI=1S/C17H26N2O4S/c1-5-7-22-16(20)18(4)11-13(3)9-14-10-15(24)12-19(14)17(21)23-8-6-2/h5-6,9,14-15,24H,1-2,7-8,10-12H2,3-4H3/b13-9-/t14-,15+/m1/s1. The van der Waals surface area contributed by atoms with Crippen LogP contribution in [0.3, 0.4) is 0 Å². The molecule has 0 aromatic heterocycles. The van der Waals surface area contributed by atoms with E-state index in [1.807, 2.05) is 13.0 Å². The topological polar surface area (TPSA) is 59.1 Å². The van der Waals surface area contributed by atoms with Crippen LogP contribution in [0.25, 0.3) is 0 Å². The van der Waals surface area contributed by atoms with Crippen LogP contribution < -0.4 is 0 Å². The Labute approximate surface area is 149 Å². The largest absolute Gasteiger partial charge is 0.445 e. The summed E-state index contributed by atoms with van der Waals surface area (Å²) >= 11 is 4.47. The lowest BCUT2D eigenvalue weighted by Crippen LogP contribution is -2.36. The van der Waals surface area contributed by atoms with E-state index in [2.05, 4.69) is 25.8 Å². The van der Waals surface area contributed by atoms with Gasteiger partial charge in [0, 0.05) is 25.4 Å². The molecule has 2 atom stereocenters. The van der Waals surface area contributed by atoms with E-state index in [9.17, 15) is 9.59 Å². The van der Waals surface area contributed by atoms with Crippen LogP contribution >= 0.6 is 12.6 Å². The Morgan fingerprint density at radius 1 is 1.29 bits per heavy atom. The Hall–Kier alpha value is -1.89. The van der Waals surface area contributed by atoms with Gasteiger partial charge in [0.25, 0.3) is 0 Å². The Balaban J connectivity index is 2.66. The van der Waals surface area contributed by atoms with Gasteiger partial charge in [0.05, 0.1) is 6.04 Å². The number of amides is 2. The minimum atomic E-state index is -0.414. The van der Waals surface area contributed by atoms with E-state index in [-0.39, 0.29) is 30.6 Å². The van der Waals surface area contributed by atoms with Gasteiger partial charge in [-0.15, -0.1) is 0 Å². The van der Waals surface area contributed by atoms with Gasteiger partial charge >= 0.3 is 12.2 Å². The van der Waals surface area contributed by atoms with Gasteiger partial charge in [-0.3, -0.25) is 0 Å². The van der Waals surface area contributed by atoms with E-state index in [1.54, 1.807) is 11.9 Å². The summed E-state index contributed by atoms with van der Waals surface area (Å²) in [5, 5.41) is 0.102. The summed E-state index contributed by atoms with van der Waals surface area (Å²) in [4.78, 5) is 27.0. The fraction of sp³-hybridized carbons (Fsp3) is 0.529. The van der Waals surface area contributed by atoms with Gasteiger partial charge in [-0.25, -0.2) is 9.59 Å². The smallest absolute Gasteiger partial charge is 0.410 e. The van der Waals surface area contributed by atoms with E-state index < -0.39 is 6.09 Å². The molecule has 6 nitrogen and oxygen atoms in total. The molecule has 0 unspecified atom stereocenters. The molecule has 0 aromatic carbocycles. The molecular formula is C17H26N2O4S. The first-order valence-electron chi connectivity index (χ1n) is 7.77. The number of hydrogen-bond acceptors (Lipinski definition) is 5. The van der Waals surface area contributed by atoms with Crippen molar-refractivity contribution in [2.45, 2.75) is 24.6 Å². The summed E-state index contributed by atoms with van der Waals surface area (Å²) in [7, 11) is 1.66. The first kappa shape index (κ1) is 20.2. The van der Waals surface area contributed by atoms with Crippen LogP contribution in [0.2, 0.25) is 0 Å². The SMILES string of the molecule is C=CCOC(=O)N(C)C/C(C)=C\[C@@H]1C[C@H](S)CN1C(=O)OCC=C. The monoisotopic (exact) mass is 354 g/mol. The maximum absolute atomic E-state index is 12.1. The lowest BCUT2D eigenvalue weighted by atomic mass is 10.1. The van der Waals surface area contributed by atoms with Crippen LogP contribution in [0.15, 0.2) is 37.0 Å². The Morgan fingerprint density at radius 3 is 2.54 bits per heavy atom. The number of rotatable bonds is 7. The number of ether oxygens (including phenoxy) is 2. The second-order valence-corrected chi connectivity index (χ2v) is 6.44. The van der Waals surface area contributed by atoms with Crippen LogP contribution in [-0.4, -0.2) is 66.6 Å². The van der Waals surface area contributed by atoms with Crippen molar-refractivity contribution < 1.29 is 19.1 Å². The lowest BCUT2D eigenvalue weighted by molar-refractivity contribution is 0.113. The van der Waals surface area contributed by atoms with E-state index in [4.69, 9.17) is 9.47 Å². The molecule has 1 aliphatic heterocycles. The molecule has 0 radical (unpaired) electrons. The van der Waals surface area contributed by atoms with E-state index >= 15 is 0 Å². The average Bonchev–Trinajstić information content (AvgIpc) is 2.90. The average molecular weight is 354 g/mol. The molecule has 1 fully saturated rings. The Bertz CT molecular complexity index is 507. The number of nitrogens with zero attached hydrogens (tertiary/aromatic N) is 2. The molecule has 134 valence electrons. The zero-order valence-electron chi connectivity index (χ0n) is 14.3. The fourth-order valence-corrected chi connectivity index (χ4v) is 2.88. The summed E-state index contributed by atoms with van der Waals surface area (Å²) in [5.74, 6) is 0. The van der Waals surface area contributed by atoms with Crippen molar-refractivity contribution in [2.24, 2.45) is 0 Å². The van der Waals surface area contributed by atoms with Crippen LogP contribution in [0, 0.1) is 0 Å². The molecule has 1 heterocycles. The maximum atomic E-state index is 12.1. The molecule has 0 bridgehead atoms. The molecule has 0 saturated carbocycles. The number of thiol groups is 1. The quantitative estimate of drug-likeness (QED) is 0.564. The first-order chi connectivity index (χ1) is 11.4. The maximum Gasteiger partial charge on any atom is 0.410 e. The number of likely N-dealkylation sites (tertiary alicyclic amines) is 1. The number of carbonyl (C=O) groups is 2. The third kappa shape index (κ3) is 6.31. The van der Waals surface area contributed by atoms with Crippen LogP contribution in [-0.2, 0) is 9.47 Å². The predicted octanol–water partition coefficient (Wildman–Crippen LogP) is 2.88. The van der Waals surface area contributed by atoms with Gasteiger partial charge in [-0.05, 0) is 13.3 Å². The molecule has 7 heteroatoms. The van der Waals surface area contributed by atoms with E-state index in [0.29, 0.717) is 13.1 Å². The van der Waals surface area contributed by atoms with Crippen LogP contribution in [0.1, 0.15) is 13.3 Å². The molecule has 2 amide bonds. The lowest BCUT2D eigenvalue weighted by Gasteiger charge is -2.23. The second-order valence-electron chi connectivity index (χ2n) is 5.71. The highest BCUT2D eigenvalue weighted by molar-refractivity contribution is 7.81. The molecule has 0 aromatic rings. The minimum Gasteiger partial charge on any atom is -0.445 e. The zero-order valence-corrected chi connectivity index (χ0v) is 15.2. The highest BCUT2D eigenvalue weighted by Crippen LogP contribution is 2.24. The predicted molar refractivity (Wildman–Crippen MR) is 97.4 cm³/mol. The third-order valence-electron chi connectivity index (χ3n) is 3.48. The Kier molecular flexibility index (Phi) is 8.46. The molecule has 1 aliphatic rings. The Morgan fingerprint density at radius 2 is 1.92 bits per heavy atom. The van der Waals surface area contributed by atoms with Gasteiger partial charge < -0.3 is 19.3 Å². The van der Waals surface area contributed by atoms with Gasteiger partial charge in [0.1, 0.15) is 13.2 Å². The molecule has 0 aliphatic carbocycles. The summed E-state index contributed by atoms with van der Waals surface area (Å²) < 4.78 is 10.1. The second kappa shape index (κ2) is 10.1.